The van der Waals surface area contributed by atoms with Crippen LogP contribution in [0.4, 0.5) is 0 Å². The van der Waals surface area contributed by atoms with Gasteiger partial charge in [0.05, 0.1) is 0 Å². The molecule has 0 bridgehead atoms. The number of hydrogen-bond donors (Lipinski definition) is 1. The van der Waals surface area contributed by atoms with Crippen LogP contribution in [-0.4, -0.2) is 17.5 Å². The maximum absolute atomic E-state index is 3.84. The molecule has 2 heteroatoms. The van der Waals surface area contributed by atoms with Crippen molar-refractivity contribution >= 4 is 11.8 Å². The highest BCUT2D eigenvalue weighted by Gasteiger charge is 2.21. The van der Waals surface area contributed by atoms with E-state index in [4.69, 9.17) is 0 Å². The maximum Gasteiger partial charge on any atom is 0.0327 e. The monoisotopic (exact) mass is 293 g/mol. The highest BCUT2D eigenvalue weighted by atomic mass is 32.2. The molecule has 2 atom stereocenters. The lowest BCUT2D eigenvalue weighted by atomic mass is 9.85. The van der Waals surface area contributed by atoms with Crippen molar-refractivity contribution < 1.29 is 0 Å². The van der Waals surface area contributed by atoms with E-state index >= 15 is 0 Å². The maximum atomic E-state index is 3.84. The summed E-state index contributed by atoms with van der Waals surface area (Å²) in [4.78, 5) is 0. The van der Waals surface area contributed by atoms with Gasteiger partial charge in [0.25, 0.3) is 0 Å². The van der Waals surface area contributed by atoms with Gasteiger partial charge in [-0.1, -0.05) is 58.0 Å². The Morgan fingerprint density at radius 2 is 1.80 bits per heavy atom. The Morgan fingerprint density at radius 1 is 1.15 bits per heavy atom. The topological polar surface area (TPSA) is 12.0 Å². The fraction of sp³-hybridized carbons (Fsp3) is 0.667. The molecule has 0 amide bonds. The van der Waals surface area contributed by atoms with Gasteiger partial charge >= 0.3 is 0 Å². The molecule has 0 saturated carbocycles. The molecule has 0 aliphatic rings. The van der Waals surface area contributed by atoms with Gasteiger partial charge in [0.2, 0.25) is 0 Å². The van der Waals surface area contributed by atoms with Crippen molar-refractivity contribution in [2.24, 2.45) is 5.41 Å². The first-order valence-electron chi connectivity index (χ1n) is 7.81. The molecule has 0 aliphatic heterocycles. The lowest BCUT2D eigenvalue weighted by Gasteiger charge is -2.30. The lowest BCUT2D eigenvalue weighted by molar-refractivity contribution is 0.295. The molecule has 114 valence electrons. The van der Waals surface area contributed by atoms with Crippen LogP contribution in [0.5, 0.6) is 0 Å². The molecule has 0 fully saturated rings. The minimum absolute atomic E-state index is 0.339. The van der Waals surface area contributed by atoms with E-state index in [1.54, 1.807) is 0 Å². The van der Waals surface area contributed by atoms with Gasteiger partial charge in [-0.2, -0.15) is 11.8 Å². The summed E-state index contributed by atoms with van der Waals surface area (Å²) in [5.41, 5.74) is 1.75. The highest BCUT2D eigenvalue weighted by molar-refractivity contribution is 7.99. The second-order valence-electron chi connectivity index (χ2n) is 6.78. The average molecular weight is 294 g/mol. The standard InChI is InChI=1S/C18H31NS/c1-6-20-13-12-15(2)19-17(14-18(3,4)5)16-10-8-7-9-11-16/h7-11,15,17,19H,6,12-14H2,1-5H3. The predicted octanol–water partition coefficient (Wildman–Crippen LogP) is 5.29. The van der Waals surface area contributed by atoms with Gasteiger partial charge in [-0.05, 0) is 42.2 Å². The van der Waals surface area contributed by atoms with Gasteiger partial charge in [0.1, 0.15) is 0 Å². The van der Waals surface area contributed by atoms with Crippen LogP contribution in [0.2, 0.25) is 0 Å². The largest absolute Gasteiger partial charge is 0.307 e. The molecule has 20 heavy (non-hydrogen) atoms. The van der Waals surface area contributed by atoms with Crippen molar-refractivity contribution in [3.8, 4) is 0 Å². The number of rotatable bonds is 8. The molecule has 2 unspecified atom stereocenters. The van der Waals surface area contributed by atoms with E-state index in [1.165, 1.54) is 29.9 Å². The molecule has 0 saturated heterocycles. The lowest BCUT2D eigenvalue weighted by Crippen LogP contribution is -2.33. The number of thioether (sulfide) groups is 1. The zero-order chi connectivity index (χ0) is 15.0. The molecule has 1 N–H and O–H groups in total. The molecule has 0 aliphatic carbocycles. The fourth-order valence-corrected chi connectivity index (χ4v) is 3.21. The van der Waals surface area contributed by atoms with Crippen LogP contribution in [-0.2, 0) is 0 Å². The molecule has 1 rings (SSSR count). The van der Waals surface area contributed by atoms with Crippen molar-refractivity contribution in [3.63, 3.8) is 0 Å². The summed E-state index contributed by atoms with van der Waals surface area (Å²) in [6, 6.07) is 11.9. The first-order valence-corrected chi connectivity index (χ1v) is 8.96. The minimum atomic E-state index is 0.339. The van der Waals surface area contributed by atoms with Crippen LogP contribution in [0.25, 0.3) is 0 Å². The third-order valence-corrected chi connectivity index (χ3v) is 4.34. The summed E-state index contributed by atoms with van der Waals surface area (Å²) in [6.45, 7) is 11.5. The van der Waals surface area contributed by atoms with E-state index < -0.39 is 0 Å². The minimum Gasteiger partial charge on any atom is -0.307 e. The van der Waals surface area contributed by atoms with Crippen molar-refractivity contribution in [1.29, 1.82) is 0 Å². The van der Waals surface area contributed by atoms with Crippen LogP contribution in [0.15, 0.2) is 30.3 Å². The van der Waals surface area contributed by atoms with Crippen LogP contribution in [0.1, 0.15) is 59.1 Å². The van der Waals surface area contributed by atoms with Gasteiger partial charge < -0.3 is 5.32 Å². The van der Waals surface area contributed by atoms with Crippen molar-refractivity contribution in [2.75, 3.05) is 11.5 Å². The van der Waals surface area contributed by atoms with Crippen molar-refractivity contribution in [2.45, 2.75) is 59.5 Å². The third kappa shape index (κ3) is 7.35. The number of hydrogen-bond acceptors (Lipinski definition) is 2. The van der Waals surface area contributed by atoms with Crippen LogP contribution < -0.4 is 5.32 Å². The zero-order valence-corrected chi connectivity index (χ0v) is 14.6. The average Bonchev–Trinajstić information content (AvgIpc) is 2.38. The Bertz CT molecular complexity index is 355. The smallest absolute Gasteiger partial charge is 0.0327 e. The molecule has 1 aromatic carbocycles. The Hall–Kier alpha value is -0.470. The molecule has 0 heterocycles. The van der Waals surface area contributed by atoms with Gasteiger partial charge in [-0.3, -0.25) is 0 Å². The van der Waals surface area contributed by atoms with Crippen molar-refractivity contribution in [1.82, 2.24) is 5.32 Å². The summed E-state index contributed by atoms with van der Waals surface area (Å²) in [6.07, 6.45) is 2.41. The molecular weight excluding hydrogens is 262 g/mol. The molecular formula is C18H31NS. The Morgan fingerprint density at radius 3 is 2.35 bits per heavy atom. The predicted molar refractivity (Wildman–Crippen MR) is 93.5 cm³/mol. The summed E-state index contributed by atoms with van der Waals surface area (Å²) in [7, 11) is 0. The van der Waals surface area contributed by atoms with Crippen LogP contribution >= 0.6 is 11.8 Å². The van der Waals surface area contributed by atoms with E-state index in [-0.39, 0.29) is 0 Å². The van der Waals surface area contributed by atoms with Crippen LogP contribution in [0, 0.1) is 5.41 Å². The Labute approximate surface area is 129 Å². The molecule has 1 nitrogen and oxygen atoms in total. The number of nitrogens with one attached hydrogen (secondary N) is 1. The second kappa shape index (κ2) is 8.74. The van der Waals surface area contributed by atoms with Crippen LogP contribution in [0.3, 0.4) is 0 Å². The van der Waals surface area contributed by atoms with E-state index in [0.29, 0.717) is 17.5 Å². The van der Waals surface area contributed by atoms with Gasteiger partial charge in [0.15, 0.2) is 0 Å². The third-order valence-electron chi connectivity index (χ3n) is 3.40. The molecule has 0 radical (unpaired) electrons. The zero-order valence-electron chi connectivity index (χ0n) is 13.8. The Kier molecular flexibility index (Phi) is 7.68. The highest BCUT2D eigenvalue weighted by Crippen LogP contribution is 2.30. The second-order valence-corrected chi connectivity index (χ2v) is 8.18. The SMILES string of the molecule is CCSCCC(C)NC(CC(C)(C)C)c1ccccc1. The summed E-state index contributed by atoms with van der Waals surface area (Å²) < 4.78 is 0. The molecule has 0 spiro atoms. The summed E-state index contributed by atoms with van der Waals surface area (Å²) in [5, 5.41) is 3.84. The molecule has 1 aromatic rings. The number of benzene rings is 1. The van der Waals surface area contributed by atoms with Gasteiger partial charge in [0, 0.05) is 12.1 Å². The first kappa shape index (κ1) is 17.6. The van der Waals surface area contributed by atoms with E-state index in [0.717, 1.165) is 0 Å². The first-order chi connectivity index (χ1) is 9.42. The summed E-state index contributed by atoms with van der Waals surface area (Å²) >= 11 is 2.03. The van der Waals surface area contributed by atoms with Crippen molar-refractivity contribution in [3.05, 3.63) is 35.9 Å². The summed E-state index contributed by atoms with van der Waals surface area (Å²) in [5.74, 6) is 2.47. The van der Waals surface area contributed by atoms with Gasteiger partial charge in [-0.25, -0.2) is 0 Å². The quantitative estimate of drug-likeness (QED) is 0.654. The molecule has 0 aromatic heterocycles. The van der Waals surface area contributed by atoms with E-state index in [1.807, 2.05) is 11.8 Å². The van der Waals surface area contributed by atoms with E-state index in [2.05, 4.69) is 70.3 Å². The fourth-order valence-electron chi connectivity index (χ4n) is 2.40. The van der Waals surface area contributed by atoms with Gasteiger partial charge in [-0.15, -0.1) is 0 Å². The normalized spacial score (nSPS) is 15.1. The van der Waals surface area contributed by atoms with E-state index in [9.17, 15) is 0 Å². The Balaban J connectivity index is 2.64.